The SMILES string of the molecule is C=CCNC(=O)[C@H](C)Sc1nnc(-c2cccnc2)n1-c1ccc(Br)cc1. The van der Waals surface area contributed by atoms with E-state index in [1.807, 2.05) is 47.9 Å². The van der Waals surface area contributed by atoms with Gasteiger partial charge in [0.25, 0.3) is 0 Å². The van der Waals surface area contributed by atoms with Crippen LogP contribution in [0.4, 0.5) is 0 Å². The predicted molar refractivity (Wildman–Crippen MR) is 111 cm³/mol. The zero-order valence-electron chi connectivity index (χ0n) is 14.7. The highest BCUT2D eigenvalue weighted by molar-refractivity contribution is 9.10. The van der Waals surface area contributed by atoms with Crippen LogP contribution >= 0.6 is 27.7 Å². The molecule has 1 atom stereocenters. The summed E-state index contributed by atoms with van der Waals surface area (Å²) >= 11 is 4.81. The number of halogens is 1. The molecular formula is C19H18BrN5OS. The van der Waals surface area contributed by atoms with E-state index in [-0.39, 0.29) is 11.2 Å². The second-order valence-electron chi connectivity index (χ2n) is 5.65. The molecule has 2 heterocycles. The number of hydrogen-bond donors (Lipinski definition) is 1. The van der Waals surface area contributed by atoms with Crippen LogP contribution in [0.5, 0.6) is 0 Å². The van der Waals surface area contributed by atoms with Crippen LogP contribution in [0.15, 0.2) is 71.1 Å². The molecule has 0 bridgehead atoms. The van der Waals surface area contributed by atoms with Crippen molar-refractivity contribution < 1.29 is 4.79 Å². The molecule has 138 valence electrons. The van der Waals surface area contributed by atoms with Crippen LogP contribution in [-0.4, -0.2) is 37.5 Å². The first kappa shape index (κ1) is 19.3. The highest BCUT2D eigenvalue weighted by atomic mass is 79.9. The van der Waals surface area contributed by atoms with Crippen LogP contribution in [0.25, 0.3) is 17.1 Å². The third-order valence-corrected chi connectivity index (χ3v) is 5.28. The zero-order valence-corrected chi connectivity index (χ0v) is 17.1. The van der Waals surface area contributed by atoms with Gasteiger partial charge in [-0.25, -0.2) is 0 Å². The number of amides is 1. The van der Waals surface area contributed by atoms with Gasteiger partial charge in [0.2, 0.25) is 5.91 Å². The van der Waals surface area contributed by atoms with Crippen molar-refractivity contribution >= 4 is 33.6 Å². The summed E-state index contributed by atoms with van der Waals surface area (Å²) in [5, 5.41) is 11.8. The predicted octanol–water partition coefficient (Wildman–Crippen LogP) is 3.87. The Kier molecular flexibility index (Phi) is 6.41. The van der Waals surface area contributed by atoms with E-state index in [4.69, 9.17) is 0 Å². The number of nitrogens with zero attached hydrogens (tertiary/aromatic N) is 4. The summed E-state index contributed by atoms with van der Waals surface area (Å²) in [6.07, 6.45) is 5.11. The molecule has 0 aliphatic rings. The molecule has 6 nitrogen and oxygen atoms in total. The van der Waals surface area contributed by atoms with Gasteiger partial charge in [0.05, 0.1) is 5.25 Å². The van der Waals surface area contributed by atoms with Crippen molar-refractivity contribution in [2.24, 2.45) is 0 Å². The second kappa shape index (κ2) is 8.96. The Hall–Kier alpha value is -2.45. The molecule has 0 spiro atoms. The third kappa shape index (κ3) is 4.64. The highest BCUT2D eigenvalue weighted by Crippen LogP contribution is 2.30. The molecule has 3 rings (SSSR count). The molecule has 1 N–H and O–H groups in total. The van der Waals surface area contributed by atoms with Gasteiger partial charge in [-0.05, 0) is 43.3 Å². The van der Waals surface area contributed by atoms with Crippen molar-refractivity contribution in [3.63, 3.8) is 0 Å². The van der Waals surface area contributed by atoms with Crippen molar-refractivity contribution in [3.05, 3.63) is 65.9 Å². The van der Waals surface area contributed by atoms with Gasteiger partial charge in [-0.3, -0.25) is 14.3 Å². The number of benzene rings is 1. The maximum atomic E-state index is 12.2. The first-order valence-corrected chi connectivity index (χ1v) is 9.94. The maximum absolute atomic E-state index is 12.2. The molecule has 1 amide bonds. The van der Waals surface area contributed by atoms with Crippen molar-refractivity contribution in [3.8, 4) is 17.1 Å². The molecule has 0 unspecified atom stereocenters. The summed E-state index contributed by atoms with van der Waals surface area (Å²) in [5.41, 5.74) is 1.76. The van der Waals surface area contributed by atoms with E-state index in [2.05, 4.69) is 43.0 Å². The maximum Gasteiger partial charge on any atom is 0.233 e. The summed E-state index contributed by atoms with van der Waals surface area (Å²) in [7, 11) is 0. The van der Waals surface area contributed by atoms with Crippen molar-refractivity contribution in [1.82, 2.24) is 25.1 Å². The van der Waals surface area contributed by atoms with Crippen molar-refractivity contribution in [1.29, 1.82) is 0 Å². The molecule has 0 fully saturated rings. The van der Waals surface area contributed by atoms with Gasteiger partial charge in [0, 0.05) is 34.7 Å². The molecular weight excluding hydrogens is 426 g/mol. The van der Waals surface area contributed by atoms with Gasteiger partial charge in [-0.15, -0.1) is 16.8 Å². The van der Waals surface area contributed by atoms with Crippen LogP contribution in [0.1, 0.15) is 6.92 Å². The van der Waals surface area contributed by atoms with Crippen LogP contribution in [0.2, 0.25) is 0 Å². The Bertz CT molecular complexity index is 927. The van der Waals surface area contributed by atoms with E-state index in [9.17, 15) is 4.79 Å². The largest absolute Gasteiger partial charge is 0.352 e. The molecule has 0 aliphatic carbocycles. The number of aromatic nitrogens is 4. The second-order valence-corrected chi connectivity index (χ2v) is 7.88. The Morgan fingerprint density at radius 3 is 2.78 bits per heavy atom. The van der Waals surface area contributed by atoms with E-state index in [1.165, 1.54) is 11.8 Å². The van der Waals surface area contributed by atoms with Gasteiger partial charge in [-0.1, -0.05) is 33.8 Å². The van der Waals surface area contributed by atoms with E-state index in [0.29, 0.717) is 17.5 Å². The molecule has 1 aromatic carbocycles. The van der Waals surface area contributed by atoms with E-state index >= 15 is 0 Å². The molecule has 0 saturated carbocycles. The van der Waals surface area contributed by atoms with Gasteiger partial charge in [0.15, 0.2) is 11.0 Å². The summed E-state index contributed by atoms with van der Waals surface area (Å²) in [6, 6.07) is 11.6. The smallest absolute Gasteiger partial charge is 0.233 e. The number of carbonyl (C=O) groups is 1. The number of nitrogens with one attached hydrogen (secondary N) is 1. The van der Waals surface area contributed by atoms with Gasteiger partial charge in [0.1, 0.15) is 0 Å². The number of rotatable bonds is 7. The minimum atomic E-state index is -0.329. The van der Waals surface area contributed by atoms with Gasteiger partial charge >= 0.3 is 0 Å². The number of hydrogen-bond acceptors (Lipinski definition) is 5. The quantitative estimate of drug-likeness (QED) is 0.443. The van der Waals surface area contributed by atoms with Crippen LogP contribution in [0.3, 0.4) is 0 Å². The topological polar surface area (TPSA) is 72.7 Å². The molecule has 3 aromatic rings. The molecule has 0 radical (unpaired) electrons. The minimum Gasteiger partial charge on any atom is -0.352 e. The number of carbonyl (C=O) groups excluding carboxylic acids is 1. The molecule has 0 saturated heterocycles. The molecule has 2 aromatic heterocycles. The van der Waals surface area contributed by atoms with Gasteiger partial charge < -0.3 is 5.32 Å². The van der Waals surface area contributed by atoms with E-state index in [0.717, 1.165) is 15.7 Å². The van der Waals surface area contributed by atoms with Crippen LogP contribution < -0.4 is 5.32 Å². The Balaban J connectivity index is 1.99. The van der Waals surface area contributed by atoms with Crippen molar-refractivity contribution in [2.75, 3.05) is 6.54 Å². The fourth-order valence-electron chi connectivity index (χ4n) is 2.38. The number of pyridine rings is 1. The lowest BCUT2D eigenvalue weighted by molar-refractivity contribution is -0.120. The molecule has 27 heavy (non-hydrogen) atoms. The highest BCUT2D eigenvalue weighted by Gasteiger charge is 2.21. The minimum absolute atomic E-state index is 0.0758. The van der Waals surface area contributed by atoms with E-state index in [1.54, 1.807) is 18.5 Å². The summed E-state index contributed by atoms with van der Waals surface area (Å²) < 4.78 is 2.92. The van der Waals surface area contributed by atoms with Crippen LogP contribution in [-0.2, 0) is 4.79 Å². The summed E-state index contributed by atoms with van der Waals surface area (Å²) in [6.45, 7) is 5.89. The fraction of sp³-hybridized carbons (Fsp3) is 0.158. The average Bonchev–Trinajstić information content (AvgIpc) is 3.10. The molecule has 0 aliphatic heterocycles. The summed E-state index contributed by atoms with van der Waals surface area (Å²) in [4.78, 5) is 16.4. The first-order chi connectivity index (χ1) is 13.1. The zero-order chi connectivity index (χ0) is 19.2. The monoisotopic (exact) mass is 443 g/mol. The fourth-order valence-corrected chi connectivity index (χ4v) is 3.54. The van der Waals surface area contributed by atoms with Crippen LogP contribution in [0, 0.1) is 0 Å². The lowest BCUT2D eigenvalue weighted by atomic mass is 10.2. The Labute approximate surface area is 170 Å². The summed E-state index contributed by atoms with van der Waals surface area (Å²) in [5.74, 6) is 0.597. The van der Waals surface area contributed by atoms with Gasteiger partial charge in [-0.2, -0.15) is 0 Å². The standard InChI is InChI=1S/C19H18BrN5OS/c1-3-10-22-18(26)13(2)27-19-24-23-17(14-5-4-11-21-12-14)25(19)16-8-6-15(20)7-9-16/h3-9,11-13H,1,10H2,2H3,(H,22,26)/t13-/m0/s1. The normalized spacial score (nSPS) is 11.8. The average molecular weight is 444 g/mol. The van der Waals surface area contributed by atoms with E-state index < -0.39 is 0 Å². The van der Waals surface area contributed by atoms with Crippen molar-refractivity contribution in [2.45, 2.75) is 17.3 Å². The third-order valence-electron chi connectivity index (χ3n) is 3.71. The first-order valence-electron chi connectivity index (χ1n) is 8.27. The lowest BCUT2D eigenvalue weighted by Crippen LogP contribution is -2.31. The molecule has 8 heteroatoms. The lowest BCUT2D eigenvalue weighted by Gasteiger charge is -2.13. The Morgan fingerprint density at radius 1 is 1.33 bits per heavy atom. The Morgan fingerprint density at radius 2 is 2.11 bits per heavy atom. The number of thioether (sulfide) groups is 1.